The van der Waals surface area contributed by atoms with E-state index in [2.05, 4.69) is 4.99 Å². The Hall–Kier alpha value is -2.95. The van der Waals surface area contributed by atoms with Gasteiger partial charge in [0.2, 0.25) is 5.90 Å². The van der Waals surface area contributed by atoms with Crippen molar-refractivity contribution in [1.82, 2.24) is 0 Å². The van der Waals surface area contributed by atoms with E-state index in [9.17, 15) is 9.59 Å². The summed E-state index contributed by atoms with van der Waals surface area (Å²) in [6.45, 7) is 1.72. The normalized spacial score (nSPS) is 20.6. The van der Waals surface area contributed by atoms with Crippen molar-refractivity contribution in [2.24, 2.45) is 4.99 Å². The summed E-state index contributed by atoms with van der Waals surface area (Å²) < 4.78 is 10.6. The second-order valence-corrected chi connectivity index (χ2v) is 6.05. The number of methoxy groups -OCH3 is 1. The molecule has 2 aromatic carbocycles. The smallest absolute Gasteiger partial charge is 0.341 e. The molecule has 0 radical (unpaired) electrons. The largest absolute Gasteiger partial charge is 0.497 e. The number of hydrogen-bond acceptors (Lipinski definition) is 5. The van der Waals surface area contributed by atoms with Gasteiger partial charge in [-0.3, -0.25) is 0 Å². The highest BCUT2D eigenvalue weighted by Gasteiger charge is 2.48. The summed E-state index contributed by atoms with van der Waals surface area (Å²) >= 11 is 0. The summed E-state index contributed by atoms with van der Waals surface area (Å²) in [7, 11) is 1.59. The summed E-state index contributed by atoms with van der Waals surface area (Å²) in [5, 5.41) is 0. The Morgan fingerprint density at radius 1 is 1.16 bits per heavy atom. The molecule has 1 aliphatic rings. The standard InChI is InChI=1S/C20H19NO4/c1-20(17(12-13-22)14-6-4-3-5-7-14)19(23)25-18(21-20)15-8-10-16(24-2)11-9-15/h3-11,13,17H,12H2,1-2H3/t17-,20-/m0/s1. The van der Waals surface area contributed by atoms with Gasteiger partial charge in [0.05, 0.1) is 7.11 Å². The summed E-state index contributed by atoms with van der Waals surface area (Å²) in [6, 6.07) is 16.6. The van der Waals surface area contributed by atoms with Gasteiger partial charge in [-0.05, 0) is 36.8 Å². The van der Waals surface area contributed by atoms with Crippen molar-refractivity contribution < 1.29 is 19.1 Å². The lowest BCUT2D eigenvalue weighted by Crippen LogP contribution is -2.37. The SMILES string of the molecule is COc1ccc(C2=N[C@@](C)([C@@H](CC=O)c3ccccc3)C(=O)O2)cc1. The van der Waals surface area contributed by atoms with Crippen molar-refractivity contribution in [3.05, 3.63) is 65.7 Å². The first-order valence-electron chi connectivity index (χ1n) is 8.03. The highest BCUT2D eigenvalue weighted by atomic mass is 16.6. The fraction of sp³-hybridized carbons (Fsp3) is 0.250. The highest BCUT2D eigenvalue weighted by Crippen LogP contribution is 2.38. The van der Waals surface area contributed by atoms with E-state index in [1.165, 1.54) is 0 Å². The predicted molar refractivity (Wildman–Crippen MR) is 93.9 cm³/mol. The molecule has 0 N–H and O–H groups in total. The third kappa shape index (κ3) is 3.18. The van der Waals surface area contributed by atoms with Crippen molar-refractivity contribution in [2.45, 2.75) is 24.8 Å². The van der Waals surface area contributed by atoms with Gasteiger partial charge in [-0.25, -0.2) is 9.79 Å². The zero-order valence-corrected chi connectivity index (χ0v) is 14.1. The van der Waals surface area contributed by atoms with E-state index in [1.807, 2.05) is 30.3 Å². The lowest BCUT2D eigenvalue weighted by Gasteiger charge is -2.26. The fourth-order valence-electron chi connectivity index (χ4n) is 3.02. The summed E-state index contributed by atoms with van der Waals surface area (Å²) in [4.78, 5) is 28.4. The van der Waals surface area contributed by atoms with Crippen LogP contribution in [0, 0.1) is 0 Å². The molecular weight excluding hydrogens is 318 g/mol. The number of carbonyl (C=O) groups excluding carboxylic acids is 2. The minimum Gasteiger partial charge on any atom is -0.497 e. The molecule has 0 aromatic heterocycles. The maximum Gasteiger partial charge on any atom is 0.341 e. The van der Waals surface area contributed by atoms with Crippen LogP contribution >= 0.6 is 0 Å². The third-order valence-corrected chi connectivity index (χ3v) is 4.49. The Morgan fingerprint density at radius 3 is 2.44 bits per heavy atom. The first-order valence-corrected chi connectivity index (χ1v) is 8.03. The van der Waals surface area contributed by atoms with Crippen molar-refractivity contribution >= 4 is 18.2 Å². The van der Waals surface area contributed by atoms with Crippen molar-refractivity contribution in [2.75, 3.05) is 7.11 Å². The van der Waals surface area contributed by atoms with E-state index in [4.69, 9.17) is 9.47 Å². The van der Waals surface area contributed by atoms with Crippen molar-refractivity contribution in [1.29, 1.82) is 0 Å². The van der Waals surface area contributed by atoms with Gasteiger partial charge >= 0.3 is 5.97 Å². The average molecular weight is 337 g/mol. The van der Waals surface area contributed by atoms with E-state index in [0.717, 1.165) is 11.8 Å². The molecule has 0 amide bonds. The lowest BCUT2D eigenvalue weighted by molar-refractivity contribution is -0.139. The number of carbonyl (C=O) groups is 2. The van der Waals surface area contributed by atoms with E-state index >= 15 is 0 Å². The molecule has 0 unspecified atom stereocenters. The monoisotopic (exact) mass is 337 g/mol. The maximum atomic E-state index is 12.6. The van der Waals surface area contributed by atoms with Gasteiger partial charge in [-0.15, -0.1) is 0 Å². The maximum absolute atomic E-state index is 12.6. The Bertz CT molecular complexity index is 798. The Kier molecular flexibility index (Phi) is 4.65. The van der Waals surface area contributed by atoms with Crippen LogP contribution in [0.4, 0.5) is 0 Å². The van der Waals surface area contributed by atoms with Gasteiger partial charge in [0.15, 0.2) is 5.54 Å². The minimum atomic E-state index is -1.14. The number of ether oxygens (including phenoxy) is 2. The summed E-state index contributed by atoms with van der Waals surface area (Å²) in [5.74, 6) is 0.144. The van der Waals surface area contributed by atoms with Gasteiger partial charge in [0.1, 0.15) is 12.0 Å². The lowest BCUT2D eigenvalue weighted by atomic mass is 9.79. The molecule has 0 saturated heterocycles. The Labute approximate surface area is 146 Å². The molecule has 2 atom stereocenters. The van der Waals surface area contributed by atoms with Crippen LogP contribution in [0.2, 0.25) is 0 Å². The van der Waals surface area contributed by atoms with Gasteiger partial charge in [0, 0.05) is 17.9 Å². The molecule has 25 heavy (non-hydrogen) atoms. The van der Waals surface area contributed by atoms with Crippen LogP contribution in [0.25, 0.3) is 0 Å². The Balaban J connectivity index is 1.98. The highest BCUT2D eigenvalue weighted by molar-refractivity contribution is 6.08. The number of rotatable bonds is 6. The number of hydrogen-bond donors (Lipinski definition) is 0. The Morgan fingerprint density at radius 2 is 1.84 bits per heavy atom. The molecule has 2 aromatic rings. The number of aldehydes is 1. The molecule has 0 saturated carbocycles. The van der Waals surface area contributed by atoms with E-state index in [-0.39, 0.29) is 18.2 Å². The topological polar surface area (TPSA) is 65.0 Å². The second kappa shape index (κ2) is 6.89. The quantitative estimate of drug-likeness (QED) is 0.600. The molecule has 5 nitrogen and oxygen atoms in total. The zero-order valence-electron chi connectivity index (χ0n) is 14.1. The molecule has 1 heterocycles. The van der Waals surface area contributed by atoms with Crippen LogP contribution in [0.1, 0.15) is 30.4 Å². The minimum absolute atomic E-state index is 0.189. The molecule has 1 aliphatic heterocycles. The molecule has 5 heteroatoms. The molecule has 3 rings (SSSR count). The summed E-state index contributed by atoms with van der Waals surface area (Å²) in [5.41, 5.74) is 0.432. The molecule has 0 spiro atoms. The molecule has 0 fully saturated rings. The zero-order chi connectivity index (χ0) is 17.9. The van der Waals surface area contributed by atoms with Crippen LogP contribution < -0.4 is 4.74 Å². The van der Waals surface area contributed by atoms with Crippen LogP contribution in [0.3, 0.4) is 0 Å². The van der Waals surface area contributed by atoms with Crippen LogP contribution in [-0.2, 0) is 14.3 Å². The predicted octanol–water partition coefficient (Wildman–Crippen LogP) is 3.13. The van der Waals surface area contributed by atoms with Gasteiger partial charge in [-0.2, -0.15) is 0 Å². The van der Waals surface area contributed by atoms with Gasteiger partial charge in [0.25, 0.3) is 0 Å². The van der Waals surface area contributed by atoms with E-state index < -0.39 is 11.5 Å². The van der Waals surface area contributed by atoms with E-state index in [0.29, 0.717) is 11.3 Å². The average Bonchev–Trinajstić information content (AvgIpc) is 2.96. The van der Waals surface area contributed by atoms with Crippen molar-refractivity contribution in [3.8, 4) is 5.75 Å². The second-order valence-electron chi connectivity index (χ2n) is 6.05. The van der Waals surface area contributed by atoms with Gasteiger partial charge < -0.3 is 14.3 Å². The number of nitrogens with zero attached hydrogens (tertiary/aromatic N) is 1. The van der Waals surface area contributed by atoms with Crippen LogP contribution in [0.15, 0.2) is 59.6 Å². The van der Waals surface area contributed by atoms with Crippen LogP contribution in [0.5, 0.6) is 5.75 Å². The molecule has 128 valence electrons. The fourth-order valence-corrected chi connectivity index (χ4v) is 3.02. The molecular formula is C20H19NO4. The molecule has 0 bridgehead atoms. The van der Waals surface area contributed by atoms with Crippen molar-refractivity contribution in [3.63, 3.8) is 0 Å². The van der Waals surface area contributed by atoms with Crippen LogP contribution in [-0.4, -0.2) is 30.8 Å². The third-order valence-electron chi connectivity index (χ3n) is 4.49. The number of aliphatic imine (C=N–C) groups is 1. The summed E-state index contributed by atoms with van der Waals surface area (Å²) in [6.07, 6.45) is 1.01. The van der Waals surface area contributed by atoms with Gasteiger partial charge in [-0.1, -0.05) is 30.3 Å². The van der Waals surface area contributed by atoms with E-state index in [1.54, 1.807) is 38.3 Å². The number of benzene rings is 2. The molecule has 0 aliphatic carbocycles. The number of cyclic esters (lactones) is 1. The first kappa shape index (κ1) is 16.9. The number of esters is 1. The first-order chi connectivity index (χ1) is 12.1.